The molecular weight excluding hydrogens is 284 g/mol. The van der Waals surface area contributed by atoms with E-state index >= 15 is 0 Å². The highest BCUT2D eigenvalue weighted by Gasteiger charge is 2.56. The van der Waals surface area contributed by atoms with Gasteiger partial charge >= 0.3 is 0 Å². The van der Waals surface area contributed by atoms with Gasteiger partial charge in [-0.3, -0.25) is 4.79 Å². The van der Waals surface area contributed by atoms with Gasteiger partial charge in [0, 0.05) is 25.6 Å². The molecule has 2 fully saturated rings. The smallest absolute Gasteiger partial charge is 0.276 e. The molecule has 122 valence electrons. The molecule has 1 amide bonds. The first kappa shape index (κ1) is 15.5. The number of aromatic nitrogens is 1. The number of hydrogen-bond acceptors (Lipinski definition) is 5. The highest BCUT2D eigenvalue weighted by Crippen LogP contribution is 2.56. The zero-order valence-electron chi connectivity index (χ0n) is 13.5. The Balaban J connectivity index is 1.70. The van der Waals surface area contributed by atoms with Crippen LogP contribution in [0, 0.1) is 12.3 Å². The number of aryl methyl sites for hydroxylation is 1. The standard InChI is InChI=1S/C16H24N2O4/c1-11-12(10-21-3)13(17-22-11)14(19)18-8-6-16(7-9-18)5-4-15(16,2)20/h20H,4-10H2,1-3H3. The van der Waals surface area contributed by atoms with Crippen molar-refractivity contribution >= 4 is 5.91 Å². The van der Waals surface area contributed by atoms with Crippen molar-refractivity contribution in [3.63, 3.8) is 0 Å². The number of nitrogens with zero attached hydrogens (tertiary/aromatic N) is 2. The van der Waals surface area contributed by atoms with E-state index in [-0.39, 0.29) is 11.3 Å². The summed E-state index contributed by atoms with van der Waals surface area (Å²) in [6, 6.07) is 0. The summed E-state index contributed by atoms with van der Waals surface area (Å²) in [7, 11) is 1.59. The van der Waals surface area contributed by atoms with E-state index in [4.69, 9.17) is 9.26 Å². The maximum Gasteiger partial charge on any atom is 0.276 e. The normalized spacial score (nSPS) is 27.0. The molecule has 0 aromatic carbocycles. The van der Waals surface area contributed by atoms with E-state index in [0.29, 0.717) is 31.2 Å². The first-order valence-corrected chi connectivity index (χ1v) is 7.86. The van der Waals surface area contributed by atoms with Crippen molar-refractivity contribution in [2.75, 3.05) is 20.2 Å². The van der Waals surface area contributed by atoms with Crippen molar-refractivity contribution in [2.24, 2.45) is 5.41 Å². The third-order valence-electron chi connectivity index (χ3n) is 5.72. The van der Waals surface area contributed by atoms with Crippen molar-refractivity contribution < 1.29 is 19.2 Å². The van der Waals surface area contributed by atoms with E-state index in [2.05, 4.69) is 5.16 Å². The van der Waals surface area contributed by atoms with Crippen LogP contribution in [0.2, 0.25) is 0 Å². The molecule has 0 bridgehead atoms. The Morgan fingerprint density at radius 3 is 2.55 bits per heavy atom. The van der Waals surface area contributed by atoms with Gasteiger partial charge in [-0.15, -0.1) is 0 Å². The number of methoxy groups -OCH3 is 1. The fraction of sp³-hybridized carbons (Fsp3) is 0.750. The van der Waals surface area contributed by atoms with Gasteiger partial charge in [-0.2, -0.15) is 0 Å². The number of rotatable bonds is 3. The molecule has 1 aliphatic heterocycles. The van der Waals surface area contributed by atoms with Gasteiger partial charge in [0.1, 0.15) is 5.76 Å². The molecule has 1 saturated heterocycles. The Morgan fingerprint density at radius 2 is 2.05 bits per heavy atom. The van der Waals surface area contributed by atoms with Crippen LogP contribution in [0.3, 0.4) is 0 Å². The predicted octanol–water partition coefficient (Wildman–Crippen LogP) is 1.90. The fourth-order valence-corrected chi connectivity index (χ4v) is 3.79. The van der Waals surface area contributed by atoms with Gasteiger partial charge in [-0.25, -0.2) is 0 Å². The summed E-state index contributed by atoms with van der Waals surface area (Å²) < 4.78 is 10.3. The Bertz CT molecular complexity index is 571. The largest absolute Gasteiger partial charge is 0.390 e. The van der Waals surface area contributed by atoms with Crippen LogP contribution in [0.4, 0.5) is 0 Å². The first-order valence-electron chi connectivity index (χ1n) is 7.86. The Kier molecular flexibility index (Phi) is 3.77. The molecule has 6 nitrogen and oxygen atoms in total. The second-order valence-electron chi connectivity index (χ2n) is 6.85. The molecule has 1 atom stereocenters. The molecule has 22 heavy (non-hydrogen) atoms. The summed E-state index contributed by atoms with van der Waals surface area (Å²) in [6.07, 6.45) is 3.62. The molecule has 1 saturated carbocycles. The maximum atomic E-state index is 12.7. The zero-order chi connectivity index (χ0) is 16.0. The molecule has 3 rings (SSSR count). The van der Waals surface area contributed by atoms with Gasteiger partial charge in [-0.1, -0.05) is 5.16 Å². The SMILES string of the molecule is COCc1c(C(=O)N2CCC3(CC2)CCC3(C)O)noc1C. The quantitative estimate of drug-likeness (QED) is 0.923. The average molecular weight is 308 g/mol. The number of carbonyl (C=O) groups excluding carboxylic acids is 1. The molecule has 2 aliphatic rings. The Labute approximate surface area is 130 Å². The predicted molar refractivity (Wildman–Crippen MR) is 79.4 cm³/mol. The van der Waals surface area contributed by atoms with Crippen LogP contribution in [0.1, 0.15) is 54.4 Å². The molecule has 1 N–H and O–H groups in total. The summed E-state index contributed by atoms with van der Waals surface area (Å²) in [5.41, 5.74) is 0.506. The van der Waals surface area contributed by atoms with E-state index in [1.165, 1.54) is 0 Å². The molecule has 1 spiro atoms. The number of ether oxygens (including phenoxy) is 1. The summed E-state index contributed by atoms with van der Waals surface area (Å²) in [6.45, 7) is 5.35. The molecule has 2 heterocycles. The minimum Gasteiger partial charge on any atom is -0.390 e. The van der Waals surface area contributed by atoms with Crippen LogP contribution in [0.25, 0.3) is 0 Å². The van der Waals surface area contributed by atoms with Crippen molar-refractivity contribution in [3.8, 4) is 0 Å². The minimum absolute atomic E-state index is 0.00111. The molecule has 1 aliphatic carbocycles. The van der Waals surface area contributed by atoms with E-state index in [0.717, 1.165) is 31.2 Å². The molecule has 0 radical (unpaired) electrons. The van der Waals surface area contributed by atoms with Gasteiger partial charge in [0.15, 0.2) is 5.69 Å². The molecular formula is C16H24N2O4. The number of carbonyl (C=O) groups is 1. The minimum atomic E-state index is -0.576. The molecule has 1 aromatic heterocycles. The van der Waals surface area contributed by atoms with Crippen LogP contribution < -0.4 is 0 Å². The fourth-order valence-electron chi connectivity index (χ4n) is 3.79. The monoisotopic (exact) mass is 308 g/mol. The topological polar surface area (TPSA) is 75.8 Å². The van der Waals surface area contributed by atoms with E-state index in [1.807, 2.05) is 11.8 Å². The van der Waals surface area contributed by atoms with Crippen LogP contribution in [0.15, 0.2) is 4.52 Å². The summed E-state index contributed by atoms with van der Waals surface area (Å²) in [5, 5.41) is 14.3. The van der Waals surface area contributed by atoms with Gasteiger partial charge in [0.05, 0.1) is 17.8 Å². The van der Waals surface area contributed by atoms with E-state index in [9.17, 15) is 9.90 Å². The highest BCUT2D eigenvalue weighted by atomic mass is 16.5. The van der Waals surface area contributed by atoms with Gasteiger partial charge < -0.3 is 19.3 Å². The number of likely N-dealkylation sites (tertiary alicyclic amines) is 1. The lowest BCUT2D eigenvalue weighted by molar-refractivity contribution is -0.174. The van der Waals surface area contributed by atoms with Gasteiger partial charge in [0.2, 0.25) is 0 Å². The number of aliphatic hydroxyl groups is 1. The highest BCUT2D eigenvalue weighted by molar-refractivity contribution is 5.93. The third-order valence-corrected chi connectivity index (χ3v) is 5.72. The number of hydrogen-bond donors (Lipinski definition) is 1. The van der Waals surface area contributed by atoms with Crippen molar-refractivity contribution in [3.05, 3.63) is 17.0 Å². The third kappa shape index (κ3) is 2.25. The molecule has 6 heteroatoms. The van der Waals surface area contributed by atoms with E-state index in [1.54, 1.807) is 14.0 Å². The number of piperidine rings is 1. The second-order valence-corrected chi connectivity index (χ2v) is 6.85. The van der Waals surface area contributed by atoms with Crippen LogP contribution >= 0.6 is 0 Å². The van der Waals surface area contributed by atoms with E-state index < -0.39 is 5.60 Å². The van der Waals surface area contributed by atoms with Gasteiger partial charge in [0.25, 0.3) is 5.91 Å². The van der Waals surface area contributed by atoms with Crippen LogP contribution in [-0.2, 0) is 11.3 Å². The second kappa shape index (κ2) is 5.35. The molecule has 1 unspecified atom stereocenters. The molecule has 1 aromatic rings. The summed E-state index contributed by atoms with van der Waals surface area (Å²) in [5.74, 6) is 0.526. The van der Waals surface area contributed by atoms with Crippen LogP contribution in [-0.4, -0.2) is 46.9 Å². The lowest BCUT2D eigenvalue weighted by Crippen LogP contribution is -2.60. The summed E-state index contributed by atoms with van der Waals surface area (Å²) >= 11 is 0. The zero-order valence-corrected chi connectivity index (χ0v) is 13.5. The van der Waals surface area contributed by atoms with Crippen molar-refractivity contribution in [1.29, 1.82) is 0 Å². The lowest BCUT2D eigenvalue weighted by Gasteiger charge is -2.58. The van der Waals surface area contributed by atoms with Crippen molar-refractivity contribution in [2.45, 2.75) is 51.7 Å². The Morgan fingerprint density at radius 1 is 1.36 bits per heavy atom. The first-order chi connectivity index (χ1) is 10.4. The Hall–Kier alpha value is -1.40. The van der Waals surface area contributed by atoms with Crippen molar-refractivity contribution in [1.82, 2.24) is 10.1 Å². The summed E-state index contributed by atoms with van der Waals surface area (Å²) in [4.78, 5) is 14.5. The number of amides is 1. The lowest BCUT2D eigenvalue weighted by atomic mass is 9.53. The van der Waals surface area contributed by atoms with Crippen LogP contribution in [0.5, 0.6) is 0 Å². The van der Waals surface area contributed by atoms with Gasteiger partial charge in [-0.05, 0) is 39.5 Å². The average Bonchev–Trinajstić information content (AvgIpc) is 2.87. The maximum absolute atomic E-state index is 12.7.